The van der Waals surface area contributed by atoms with Crippen molar-refractivity contribution in [2.45, 2.75) is 17.4 Å². The van der Waals surface area contributed by atoms with E-state index < -0.39 is 27.9 Å². The van der Waals surface area contributed by atoms with E-state index in [0.717, 1.165) is 9.21 Å². The van der Waals surface area contributed by atoms with Crippen LogP contribution in [0.25, 0.3) is 0 Å². The molecule has 1 unspecified atom stereocenters. The number of sulfonamides is 1. The standard InChI is InChI=1S/C19H16Cl2N2O4S/c1-2-10-22(28(26,27)17-11-13(20)8-9-15(17)21)16-12-18(24)23(19(16)25)14-6-4-3-5-7-14/h2-9,11,16H,1,10,12H2. The van der Waals surface area contributed by atoms with E-state index in [-0.39, 0.29) is 27.9 Å². The van der Waals surface area contributed by atoms with Crippen LogP contribution in [-0.4, -0.2) is 37.1 Å². The van der Waals surface area contributed by atoms with Gasteiger partial charge in [0.05, 0.1) is 17.1 Å². The van der Waals surface area contributed by atoms with Crippen molar-refractivity contribution in [2.24, 2.45) is 0 Å². The van der Waals surface area contributed by atoms with E-state index in [4.69, 9.17) is 23.2 Å². The number of hydrogen-bond donors (Lipinski definition) is 0. The van der Waals surface area contributed by atoms with E-state index in [9.17, 15) is 18.0 Å². The number of amides is 2. The molecule has 3 rings (SSSR count). The van der Waals surface area contributed by atoms with Crippen LogP contribution in [0, 0.1) is 0 Å². The number of carbonyl (C=O) groups excluding carboxylic acids is 2. The normalized spacial score (nSPS) is 17.4. The second-order valence-corrected chi connectivity index (χ2v) is 8.76. The maximum atomic E-state index is 13.2. The monoisotopic (exact) mass is 438 g/mol. The van der Waals surface area contributed by atoms with E-state index in [1.807, 2.05) is 0 Å². The summed E-state index contributed by atoms with van der Waals surface area (Å²) in [5.41, 5.74) is 0.386. The Morgan fingerprint density at radius 3 is 2.46 bits per heavy atom. The minimum absolute atomic E-state index is 0.0323. The molecular weight excluding hydrogens is 423 g/mol. The second kappa shape index (κ2) is 8.05. The van der Waals surface area contributed by atoms with Gasteiger partial charge in [-0.2, -0.15) is 4.31 Å². The Hall–Kier alpha value is -2.19. The van der Waals surface area contributed by atoms with Crippen molar-refractivity contribution in [3.05, 3.63) is 71.2 Å². The zero-order chi connectivity index (χ0) is 20.5. The molecule has 0 radical (unpaired) electrons. The van der Waals surface area contributed by atoms with Crippen LogP contribution in [0.2, 0.25) is 10.0 Å². The average Bonchev–Trinajstić information content (AvgIpc) is 2.96. The quantitative estimate of drug-likeness (QED) is 0.510. The first-order chi connectivity index (χ1) is 13.3. The van der Waals surface area contributed by atoms with Gasteiger partial charge in [-0.25, -0.2) is 13.3 Å². The highest BCUT2D eigenvalue weighted by Gasteiger charge is 2.46. The van der Waals surface area contributed by atoms with Crippen LogP contribution in [0.3, 0.4) is 0 Å². The minimum Gasteiger partial charge on any atom is -0.274 e. The minimum atomic E-state index is -4.22. The zero-order valence-electron chi connectivity index (χ0n) is 14.6. The number of nitrogens with zero attached hydrogens (tertiary/aromatic N) is 2. The molecule has 0 aliphatic carbocycles. The molecule has 2 aromatic carbocycles. The number of carbonyl (C=O) groups is 2. The van der Waals surface area contributed by atoms with Gasteiger partial charge in [-0.05, 0) is 30.3 Å². The third-order valence-corrected chi connectivity index (χ3v) is 6.87. The first-order valence-corrected chi connectivity index (χ1v) is 10.5. The lowest BCUT2D eigenvalue weighted by atomic mass is 10.2. The van der Waals surface area contributed by atoms with Crippen LogP contribution in [0.4, 0.5) is 5.69 Å². The molecule has 1 aliphatic rings. The fourth-order valence-corrected chi connectivity index (χ4v) is 5.30. The highest BCUT2D eigenvalue weighted by molar-refractivity contribution is 7.89. The Labute approximate surface area is 173 Å². The van der Waals surface area contributed by atoms with Crippen molar-refractivity contribution >= 4 is 50.7 Å². The number of para-hydroxylation sites is 1. The Kier molecular flexibility index (Phi) is 5.90. The summed E-state index contributed by atoms with van der Waals surface area (Å²) in [6.45, 7) is 3.40. The van der Waals surface area contributed by atoms with Crippen molar-refractivity contribution in [1.82, 2.24) is 4.31 Å². The van der Waals surface area contributed by atoms with Gasteiger partial charge in [0.2, 0.25) is 15.9 Å². The van der Waals surface area contributed by atoms with Gasteiger partial charge in [-0.15, -0.1) is 6.58 Å². The van der Waals surface area contributed by atoms with Crippen LogP contribution in [0.5, 0.6) is 0 Å². The zero-order valence-corrected chi connectivity index (χ0v) is 16.9. The van der Waals surface area contributed by atoms with E-state index >= 15 is 0 Å². The molecule has 1 heterocycles. The Morgan fingerprint density at radius 2 is 1.82 bits per heavy atom. The molecule has 1 atom stereocenters. The molecule has 9 heteroatoms. The largest absolute Gasteiger partial charge is 0.274 e. The molecule has 0 saturated carbocycles. The lowest BCUT2D eigenvalue weighted by Crippen LogP contribution is -2.45. The molecule has 6 nitrogen and oxygen atoms in total. The van der Waals surface area contributed by atoms with E-state index in [1.165, 1.54) is 24.3 Å². The van der Waals surface area contributed by atoms with Crippen molar-refractivity contribution < 1.29 is 18.0 Å². The van der Waals surface area contributed by atoms with Gasteiger partial charge in [0.25, 0.3) is 5.91 Å². The van der Waals surface area contributed by atoms with Crippen molar-refractivity contribution in [3.63, 3.8) is 0 Å². The number of hydrogen-bond acceptors (Lipinski definition) is 4. The predicted octanol–water partition coefficient (Wildman–Crippen LogP) is 3.50. The summed E-state index contributed by atoms with van der Waals surface area (Å²) in [6, 6.07) is 11.2. The van der Waals surface area contributed by atoms with Gasteiger partial charge < -0.3 is 0 Å². The van der Waals surface area contributed by atoms with Gasteiger partial charge in [0.15, 0.2) is 0 Å². The maximum Gasteiger partial charge on any atom is 0.252 e. The number of imide groups is 1. The average molecular weight is 439 g/mol. The summed E-state index contributed by atoms with van der Waals surface area (Å²) in [5, 5.41) is 0.149. The lowest BCUT2D eigenvalue weighted by molar-refractivity contribution is -0.122. The molecule has 2 amide bonds. The van der Waals surface area contributed by atoms with Gasteiger partial charge in [0.1, 0.15) is 10.9 Å². The highest BCUT2D eigenvalue weighted by atomic mass is 35.5. The molecule has 0 aromatic heterocycles. The van der Waals surface area contributed by atoms with Crippen LogP contribution < -0.4 is 4.90 Å². The van der Waals surface area contributed by atoms with Crippen molar-refractivity contribution in [3.8, 4) is 0 Å². The number of halogens is 2. The Bertz CT molecular complexity index is 1040. The summed E-state index contributed by atoms with van der Waals surface area (Å²) in [5.74, 6) is -1.11. The highest BCUT2D eigenvalue weighted by Crippen LogP contribution is 2.32. The first-order valence-electron chi connectivity index (χ1n) is 8.27. The molecule has 0 spiro atoms. The fraction of sp³-hybridized carbons (Fsp3) is 0.158. The summed E-state index contributed by atoms with van der Waals surface area (Å²) in [4.78, 5) is 26.2. The molecule has 28 heavy (non-hydrogen) atoms. The predicted molar refractivity (Wildman–Crippen MR) is 108 cm³/mol. The van der Waals surface area contributed by atoms with E-state index in [1.54, 1.807) is 30.3 Å². The van der Waals surface area contributed by atoms with Gasteiger partial charge in [-0.1, -0.05) is 47.5 Å². The van der Waals surface area contributed by atoms with Crippen LogP contribution >= 0.6 is 23.2 Å². The van der Waals surface area contributed by atoms with Crippen LogP contribution in [0.15, 0.2) is 66.1 Å². The third-order valence-electron chi connectivity index (χ3n) is 4.27. The Balaban J connectivity index is 2.03. The topological polar surface area (TPSA) is 74.8 Å². The number of anilines is 1. The smallest absolute Gasteiger partial charge is 0.252 e. The molecule has 1 saturated heterocycles. The Morgan fingerprint density at radius 1 is 1.14 bits per heavy atom. The maximum absolute atomic E-state index is 13.2. The molecule has 2 aromatic rings. The summed E-state index contributed by atoms with van der Waals surface area (Å²) in [6.07, 6.45) is 1.07. The van der Waals surface area contributed by atoms with E-state index in [2.05, 4.69) is 6.58 Å². The SMILES string of the molecule is C=CCN(C1CC(=O)N(c2ccccc2)C1=O)S(=O)(=O)c1cc(Cl)ccc1Cl. The van der Waals surface area contributed by atoms with E-state index in [0.29, 0.717) is 5.69 Å². The van der Waals surface area contributed by atoms with Gasteiger partial charge in [0, 0.05) is 11.6 Å². The summed E-state index contributed by atoms with van der Waals surface area (Å²) < 4.78 is 27.4. The second-order valence-electron chi connectivity index (χ2n) is 6.06. The van der Waals surface area contributed by atoms with Gasteiger partial charge >= 0.3 is 0 Å². The van der Waals surface area contributed by atoms with Gasteiger partial charge in [-0.3, -0.25) is 9.59 Å². The molecule has 1 aliphatic heterocycles. The molecule has 0 bridgehead atoms. The number of benzene rings is 2. The third kappa shape index (κ3) is 3.71. The summed E-state index contributed by atoms with van der Waals surface area (Å²) in [7, 11) is -4.22. The number of rotatable bonds is 6. The lowest BCUT2D eigenvalue weighted by Gasteiger charge is -2.26. The molecule has 0 N–H and O–H groups in total. The van der Waals surface area contributed by atoms with Crippen LogP contribution in [0.1, 0.15) is 6.42 Å². The molecule has 146 valence electrons. The van der Waals surface area contributed by atoms with Crippen LogP contribution in [-0.2, 0) is 19.6 Å². The summed E-state index contributed by atoms with van der Waals surface area (Å²) >= 11 is 12.0. The molecular formula is C19H16Cl2N2O4S. The van der Waals surface area contributed by atoms with Crippen molar-refractivity contribution in [1.29, 1.82) is 0 Å². The first kappa shape index (κ1) is 20.5. The fourth-order valence-electron chi connectivity index (χ4n) is 3.01. The van der Waals surface area contributed by atoms with Crippen molar-refractivity contribution in [2.75, 3.05) is 11.4 Å². The molecule has 1 fully saturated rings.